The Balaban J connectivity index is 2.84. The SMILES string of the molecule is CC(C)c1ccccc1CN(C)C(=O)CCl. The molecular formula is C13H18ClNO. The van der Waals surface area contributed by atoms with Crippen LogP contribution in [0.25, 0.3) is 0 Å². The van der Waals surface area contributed by atoms with Gasteiger partial charge in [0.05, 0.1) is 0 Å². The Hall–Kier alpha value is -1.02. The third-order valence-electron chi connectivity index (χ3n) is 2.62. The lowest BCUT2D eigenvalue weighted by molar-refractivity contribution is -0.127. The molecule has 2 nitrogen and oxygen atoms in total. The van der Waals surface area contributed by atoms with E-state index in [1.807, 2.05) is 12.1 Å². The van der Waals surface area contributed by atoms with Crippen molar-refractivity contribution in [2.75, 3.05) is 12.9 Å². The monoisotopic (exact) mass is 239 g/mol. The number of hydrogen-bond acceptors (Lipinski definition) is 1. The Bertz CT molecular complexity index is 363. The van der Waals surface area contributed by atoms with Gasteiger partial charge in [0, 0.05) is 13.6 Å². The quantitative estimate of drug-likeness (QED) is 0.740. The predicted molar refractivity (Wildman–Crippen MR) is 67.7 cm³/mol. The minimum Gasteiger partial charge on any atom is -0.340 e. The first kappa shape index (κ1) is 13.0. The fourth-order valence-corrected chi connectivity index (χ4v) is 1.89. The Morgan fingerprint density at radius 1 is 1.38 bits per heavy atom. The van der Waals surface area contributed by atoms with Gasteiger partial charge in [0.1, 0.15) is 5.88 Å². The van der Waals surface area contributed by atoms with E-state index in [0.717, 1.165) is 0 Å². The van der Waals surface area contributed by atoms with Crippen molar-refractivity contribution in [2.45, 2.75) is 26.3 Å². The Morgan fingerprint density at radius 3 is 2.56 bits per heavy atom. The molecule has 0 aliphatic heterocycles. The molecule has 1 aromatic rings. The predicted octanol–water partition coefficient (Wildman–Crippen LogP) is 3.01. The van der Waals surface area contributed by atoms with Crippen molar-refractivity contribution in [3.05, 3.63) is 35.4 Å². The Morgan fingerprint density at radius 2 is 2.00 bits per heavy atom. The largest absolute Gasteiger partial charge is 0.340 e. The number of amides is 1. The van der Waals surface area contributed by atoms with E-state index in [0.29, 0.717) is 12.5 Å². The van der Waals surface area contributed by atoms with Gasteiger partial charge < -0.3 is 4.90 Å². The van der Waals surface area contributed by atoms with Gasteiger partial charge in [0.15, 0.2) is 0 Å². The van der Waals surface area contributed by atoms with E-state index in [-0.39, 0.29) is 11.8 Å². The second-order valence-electron chi connectivity index (χ2n) is 4.24. The third kappa shape index (κ3) is 3.24. The van der Waals surface area contributed by atoms with Crippen LogP contribution < -0.4 is 0 Å². The summed E-state index contributed by atoms with van der Waals surface area (Å²) >= 11 is 5.52. The normalized spacial score (nSPS) is 10.6. The van der Waals surface area contributed by atoms with Gasteiger partial charge >= 0.3 is 0 Å². The number of benzene rings is 1. The van der Waals surface area contributed by atoms with Gasteiger partial charge in [-0.1, -0.05) is 38.1 Å². The van der Waals surface area contributed by atoms with Crippen molar-refractivity contribution in [1.82, 2.24) is 4.90 Å². The highest BCUT2D eigenvalue weighted by atomic mass is 35.5. The van der Waals surface area contributed by atoms with E-state index < -0.39 is 0 Å². The summed E-state index contributed by atoms with van der Waals surface area (Å²) in [6, 6.07) is 8.20. The Kier molecular flexibility index (Phi) is 4.81. The molecule has 0 atom stereocenters. The molecule has 3 heteroatoms. The average Bonchev–Trinajstić information content (AvgIpc) is 2.28. The highest BCUT2D eigenvalue weighted by Crippen LogP contribution is 2.20. The first-order valence-corrected chi connectivity index (χ1v) is 5.97. The highest BCUT2D eigenvalue weighted by Gasteiger charge is 2.11. The number of rotatable bonds is 4. The summed E-state index contributed by atoms with van der Waals surface area (Å²) in [7, 11) is 1.78. The fraction of sp³-hybridized carbons (Fsp3) is 0.462. The van der Waals surface area contributed by atoms with Crippen molar-refractivity contribution in [2.24, 2.45) is 0 Å². The van der Waals surface area contributed by atoms with Crippen LogP contribution in [0.15, 0.2) is 24.3 Å². The molecule has 0 spiro atoms. The van der Waals surface area contributed by atoms with Gasteiger partial charge in [-0.3, -0.25) is 4.79 Å². The van der Waals surface area contributed by atoms with Crippen LogP contribution in [0, 0.1) is 0 Å². The highest BCUT2D eigenvalue weighted by molar-refractivity contribution is 6.27. The van der Waals surface area contributed by atoms with Crippen LogP contribution in [-0.2, 0) is 11.3 Å². The Labute approximate surface area is 102 Å². The zero-order valence-electron chi connectivity index (χ0n) is 10.0. The van der Waals surface area contributed by atoms with E-state index in [2.05, 4.69) is 26.0 Å². The molecule has 0 fully saturated rings. The lowest BCUT2D eigenvalue weighted by Crippen LogP contribution is -2.27. The second-order valence-corrected chi connectivity index (χ2v) is 4.50. The molecular weight excluding hydrogens is 222 g/mol. The number of carbonyl (C=O) groups excluding carboxylic acids is 1. The smallest absolute Gasteiger partial charge is 0.237 e. The van der Waals surface area contributed by atoms with Gasteiger partial charge in [-0.15, -0.1) is 11.6 Å². The van der Waals surface area contributed by atoms with E-state index in [1.54, 1.807) is 11.9 Å². The number of hydrogen-bond donors (Lipinski definition) is 0. The summed E-state index contributed by atoms with van der Waals surface area (Å²) < 4.78 is 0. The molecule has 0 radical (unpaired) electrons. The van der Waals surface area contributed by atoms with Crippen LogP contribution in [0.1, 0.15) is 30.9 Å². The minimum absolute atomic E-state index is 0.0415. The summed E-state index contributed by atoms with van der Waals surface area (Å²) in [6.07, 6.45) is 0. The van der Waals surface area contributed by atoms with Crippen molar-refractivity contribution in [1.29, 1.82) is 0 Å². The lowest BCUT2D eigenvalue weighted by atomic mass is 9.97. The molecule has 0 aliphatic rings. The van der Waals surface area contributed by atoms with Gasteiger partial charge in [-0.25, -0.2) is 0 Å². The average molecular weight is 240 g/mol. The van der Waals surface area contributed by atoms with E-state index >= 15 is 0 Å². The first-order chi connectivity index (χ1) is 7.56. The molecule has 1 rings (SSSR count). The van der Waals surface area contributed by atoms with Gasteiger partial charge in [-0.05, 0) is 17.0 Å². The molecule has 0 bridgehead atoms. The van der Waals surface area contributed by atoms with Gasteiger partial charge in [0.2, 0.25) is 5.91 Å². The second kappa shape index (κ2) is 5.90. The molecule has 0 aromatic heterocycles. The first-order valence-electron chi connectivity index (χ1n) is 5.44. The third-order valence-corrected chi connectivity index (χ3v) is 2.85. The molecule has 1 amide bonds. The molecule has 88 valence electrons. The molecule has 0 saturated carbocycles. The number of carbonyl (C=O) groups is 1. The standard InChI is InChI=1S/C13H18ClNO/c1-10(2)12-7-5-4-6-11(12)9-15(3)13(16)8-14/h4-7,10H,8-9H2,1-3H3. The molecule has 0 unspecified atom stereocenters. The summed E-state index contributed by atoms with van der Waals surface area (Å²) in [6.45, 7) is 4.93. The van der Waals surface area contributed by atoms with Gasteiger partial charge in [0.25, 0.3) is 0 Å². The topological polar surface area (TPSA) is 20.3 Å². The molecule has 0 saturated heterocycles. The lowest BCUT2D eigenvalue weighted by Gasteiger charge is -2.19. The summed E-state index contributed by atoms with van der Waals surface area (Å²) in [5.74, 6) is 0.469. The van der Waals surface area contributed by atoms with Gasteiger partial charge in [-0.2, -0.15) is 0 Å². The zero-order valence-corrected chi connectivity index (χ0v) is 10.8. The van der Waals surface area contributed by atoms with Crippen molar-refractivity contribution >= 4 is 17.5 Å². The van der Waals surface area contributed by atoms with Crippen LogP contribution in [-0.4, -0.2) is 23.7 Å². The van der Waals surface area contributed by atoms with E-state index in [1.165, 1.54) is 11.1 Å². The zero-order chi connectivity index (χ0) is 12.1. The van der Waals surface area contributed by atoms with Crippen LogP contribution >= 0.6 is 11.6 Å². The summed E-state index contributed by atoms with van der Waals surface area (Å²) in [5.41, 5.74) is 2.48. The summed E-state index contributed by atoms with van der Waals surface area (Å²) in [4.78, 5) is 13.1. The van der Waals surface area contributed by atoms with E-state index in [9.17, 15) is 4.79 Å². The van der Waals surface area contributed by atoms with Crippen molar-refractivity contribution in [3.63, 3.8) is 0 Å². The number of alkyl halides is 1. The van der Waals surface area contributed by atoms with Crippen molar-refractivity contribution in [3.8, 4) is 0 Å². The maximum absolute atomic E-state index is 11.4. The molecule has 0 N–H and O–H groups in total. The summed E-state index contributed by atoms with van der Waals surface area (Å²) in [5, 5.41) is 0. The fourth-order valence-electron chi connectivity index (χ4n) is 1.69. The maximum atomic E-state index is 11.4. The van der Waals surface area contributed by atoms with Crippen LogP contribution in [0.2, 0.25) is 0 Å². The number of nitrogens with zero attached hydrogens (tertiary/aromatic N) is 1. The molecule has 1 aromatic carbocycles. The molecule has 0 heterocycles. The molecule has 0 aliphatic carbocycles. The van der Waals surface area contributed by atoms with Crippen LogP contribution in [0.5, 0.6) is 0 Å². The van der Waals surface area contributed by atoms with E-state index in [4.69, 9.17) is 11.6 Å². The van der Waals surface area contributed by atoms with Crippen LogP contribution in [0.4, 0.5) is 0 Å². The minimum atomic E-state index is -0.0415. The number of halogens is 1. The van der Waals surface area contributed by atoms with Crippen LogP contribution in [0.3, 0.4) is 0 Å². The van der Waals surface area contributed by atoms with Crippen molar-refractivity contribution < 1.29 is 4.79 Å². The maximum Gasteiger partial charge on any atom is 0.237 e. The molecule has 16 heavy (non-hydrogen) atoms.